The van der Waals surface area contributed by atoms with Crippen LogP contribution in [-0.4, -0.2) is 63.1 Å². The molecule has 2 rings (SSSR count). The van der Waals surface area contributed by atoms with Crippen LogP contribution in [0.15, 0.2) is 46.8 Å². The smallest absolute Gasteiger partial charge is 0.193 e. The Bertz CT molecular complexity index is 691. The molecule has 1 aromatic carbocycles. The van der Waals surface area contributed by atoms with Crippen LogP contribution in [0.2, 0.25) is 0 Å². The molecule has 0 saturated heterocycles. The lowest BCUT2D eigenvalue weighted by Gasteiger charge is -2.21. The molecule has 1 N–H and O–H groups in total. The molecular weight excluding hydrogens is 483 g/mol. The van der Waals surface area contributed by atoms with Crippen LogP contribution in [0.1, 0.15) is 17.4 Å². The first-order chi connectivity index (χ1) is 13.1. The predicted molar refractivity (Wildman–Crippen MR) is 131 cm³/mol. The number of hydrogen-bond donors (Lipinski definition) is 1. The molecule has 0 amide bonds. The Morgan fingerprint density at radius 2 is 1.96 bits per heavy atom. The number of aliphatic imine (C=N–C) groups is 1. The zero-order valence-corrected chi connectivity index (χ0v) is 20.5. The maximum atomic E-state index is 5.82. The van der Waals surface area contributed by atoms with Crippen LogP contribution in [0.3, 0.4) is 0 Å². The zero-order chi connectivity index (χ0) is 19.5. The fourth-order valence-corrected chi connectivity index (χ4v) is 3.25. The number of benzene rings is 1. The van der Waals surface area contributed by atoms with E-state index in [1.165, 1.54) is 4.88 Å². The summed E-state index contributed by atoms with van der Waals surface area (Å²) in [6.07, 6.45) is 1.04. The Balaban J connectivity index is 0.00000392. The van der Waals surface area contributed by atoms with Gasteiger partial charge in [-0.1, -0.05) is 18.2 Å². The highest BCUT2D eigenvalue weighted by atomic mass is 127. The number of thiophene rings is 1. The zero-order valence-electron chi connectivity index (χ0n) is 17.4. The van der Waals surface area contributed by atoms with E-state index in [1.807, 2.05) is 26.2 Å². The van der Waals surface area contributed by atoms with Crippen molar-refractivity contribution in [2.24, 2.45) is 4.99 Å². The molecule has 0 radical (unpaired) electrons. The average Bonchev–Trinajstić information content (AvgIpc) is 3.17. The second-order valence-electron chi connectivity index (χ2n) is 6.72. The number of nitrogens with one attached hydrogen (secondary N) is 1. The number of hydrogen-bond acceptors (Lipinski definition) is 4. The van der Waals surface area contributed by atoms with Crippen LogP contribution in [0.5, 0.6) is 5.75 Å². The van der Waals surface area contributed by atoms with Crippen LogP contribution in [0, 0.1) is 0 Å². The van der Waals surface area contributed by atoms with E-state index in [4.69, 9.17) is 9.73 Å². The van der Waals surface area contributed by atoms with Crippen molar-refractivity contribution in [3.05, 3.63) is 52.2 Å². The molecule has 0 saturated carbocycles. The number of nitrogens with zero attached hydrogens (tertiary/aromatic N) is 3. The molecule has 28 heavy (non-hydrogen) atoms. The third-order valence-corrected chi connectivity index (χ3v) is 5.02. The lowest BCUT2D eigenvalue weighted by molar-refractivity contribution is 0.261. The molecule has 2 aromatic rings. The van der Waals surface area contributed by atoms with E-state index in [1.54, 1.807) is 11.3 Å². The molecule has 0 atom stereocenters. The van der Waals surface area contributed by atoms with E-state index in [2.05, 4.69) is 58.7 Å². The summed E-state index contributed by atoms with van der Waals surface area (Å²) < 4.78 is 5.82. The molecule has 0 bridgehead atoms. The Kier molecular flexibility index (Phi) is 12.2. The van der Waals surface area contributed by atoms with E-state index in [-0.39, 0.29) is 24.0 Å². The van der Waals surface area contributed by atoms with E-state index in [0.717, 1.165) is 43.3 Å². The van der Waals surface area contributed by atoms with Crippen LogP contribution < -0.4 is 10.1 Å². The molecule has 1 heterocycles. The van der Waals surface area contributed by atoms with Gasteiger partial charge in [0, 0.05) is 31.6 Å². The maximum Gasteiger partial charge on any atom is 0.193 e. The molecule has 0 spiro atoms. The molecule has 156 valence electrons. The standard InChI is InChI=1S/C21H32N4OS.HI/c1-5-22-21(25(4)12-11-20-10-7-15-27-20)23-17-18-8-6-9-19(16-18)26-14-13-24(2)3;/h6-10,15-16H,5,11-14,17H2,1-4H3,(H,22,23);1H. The van der Waals surface area contributed by atoms with E-state index in [9.17, 15) is 0 Å². The minimum Gasteiger partial charge on any atom is -0.492 e. The number of ether oxygens (including phenoxy) is 1. The highest BCUT2D eigenvalue weighted by molar-refractivity contribution is 14.0. The van der Waals surface area contributed by atoms with Gasteiger partial charge in [0.05, 0.1) is 6.54 Å². The quantitative estimate of drug-likeness (QED) is 0.295. The summed E-state index contributed by atoms with van der Waals surface area (Å²) in [7, 11) is 6.19. The first-order valence-corrected chi connectivity index (χ1v) is 10.3. The van der Waals surface area contributed by atoms with Gasteiger partial charge in [-0.25, -0.2) is 4.99 Å². The van der Waals surface area contributed by atoms with Crippen molar-refractivity contribution >= 4 is 41.3 Å². The van der Waals surface area contributed by atoms with Crippen molar-refractivity contribution in [2.45, 2.75) is 19.9 Å². The lowest BCUT2D eigenvalue weighted by Crippen LogP contribution is -2.39. The van der Waals surface area contributed by atoms with Crippen molar-refractivity contribution in [1.29, 1.82) is 0 Å². The molecule has 0 aliphatic carbocycles. The molecular formula is C21H33IN4OS. The van der Waals surface area contributed by atoms with Gasteiger partial charge in [-0.3, -0.25) is 0 Å². The van der Waals surface area contributed by atoms with Crippen molar-refractivity contribution in [3.8, 4) is 5.75 Å². The monoisotopic (exact) mass is 516 g/mol. The Hall–Kier alpha value is -1.32. The molecule has 0 aliphatic rings. The van der Waals surface area contributed by atoms with Gasteiger partial charge in [0.25, 0.3) is 0 Å². The maximum absolute atomic E-state index is 5.82. The summed E-state index contributed by atoms with van der Waals surface area (Å²) in [5.74, 6) is 1.84. The molecule has 0 unspecified atom stereocenters. The van der Waals surface area contributed by atoms with Gasteiger partial charge >= 0.3 is 0 Å². The topological polar surface area (TPSA) is 40.1 Å². The number of likely N-dealkylation sites (N-methyl/N-ethyl adjacent to an activating group) is 2. The molecule has 0 fully saturated rings. The van der Waals surface area contributed by atoms with Crippen molar-refractivity contribution in [1.82, 2.24) is 15.1 Å². The Morgan fingerprint density at radius 3 is 2.64 bits per heavy atom. The summed E-state index contributed by atoms with van der Waals surface area (Å²) in [4.78, 5) is 10.5. The Labute approximate surface area is 190 Å². The second-order valence-corrected chi connectivity index (χ2v) is 7.75. The van der Waals surface area contributed by atoms with E-state index >= 15 is 0 Å². The first-order valence-electron chi connectivity index (χ1n) is 9.46. The van der Waals surface area contributed by atoms with Gasteiger partial charge < -0.3 is 19.9 Å². The second kappa shape index (κ2) is 13.8. The average molecular weight is 516 g/mol. The largest absolute Gasteiger partial charge is 0.492 e. The van der Waals surface area contributed by atoms with E-state index < -0.39 is 0 Å². The summed E-state index contributed by atoms with van der Waals surface area (Å²) in [6, 6.07) is 12.5. The van der Waals surface area contributed by atoms with Crippen LogP contribution in [0.4, 0.5) is 0 Å². The van der Waals surface area contributed by atoms with Gasteiger partial charge in [-0.15, -0.1) is 35.3 Å². The van der Waals surface area contributed by atoms with Crippen LogP contribution >= 0.6 is 35.3 Å². The van der Waals surface area contributed by atoms with Gasteiger partial charge in [-0.2, -0.15) is 0 Å². The summed E-state index contributed by atoms with van der Waals surface area (Å²) in [5, 5.41) is 5.51. The number of rotatable bonds is 10. The fraction of sp³-hybridized carbons (Fsp3) is 0.476. The highest BCUT2D eigenvalue weighted by Gasteiger charge is 2.06. The van der Waals surface area contributed by atoms with Gasteiger partial charge in [-0.05, 0) is 56.6 Å². The third-order valence-electron chi connectivity index (χ3n) is 4.09. The van der Waals surface area contributed by atoms with Crippen molar-refractivity contribution < 1.29 is 4.74 Å². The Morgan fingerprint density at radius 1 is 1.14 bits per heavy atom. The number of halogens is 1. The van der Waals surface area contributed by atoms with Crippen molar-refractivity contribution in [3.63, 3.8) is 0 Å². The predicted octanol–water partition coefficient (Wildman–Crippen LogP) is 3.95. The van der Waals surface area contributed by atoms with Crippen molar-refractivity contribution in [2.75, 3.05) is 47.4 Å². The molecule has 7 heteroatoms. The SMILES string of the molecule is CCNC(=NCc1cccc(OCCN(C)C)c1)N(C)CCc1cccs1.I. The van der Waals surface area contributed by atoms with Gasteiger partial charge in [0.15, 0.2) is 5.96 Å². The molecule has 0 aliphatic heterocycles. The first kappa shape index (κ1) is 24.7. The third kappa shape index (κ3) is 9.25. The van der Waals surface area contributed by atoms with E-state index in [0.29, 0.717) is 13.2 Å². The minimum absolute atomic E-state index is 0. The highest BCUT2D eigenvalue weighted by Crippen LogP contribution is 2.14. The van der Waals surface area contributed by atoms with Crippen LogP contribution in [0.25, 0.3) is 0 Å². The summed E-state index contributed by atoms with van der Waals surface area (Å²) in [5.41, 5.74) is 1.15. The minimum atomic E-state index is 0. The van der Waals surface area contributed by atoms with Gasteiger partial charge in [0.2, 0.25) is 0 Å². The lowest BCUT2D eigenvalue weighted by atomic mass is 10.2. The normalized spacial score (nSPS) is 11.2. The molecule has 1 aromatic heterocycles. The van der Waals surface area contributed by atoms with Crippen LogP contribution in [-0.2, 0) is 13.0 Å². The summed E-state index contributed by atoms with van der Waals surface area (Å²) in [6.45, 7) is 6.13. The molecule has 5 nitrogen and oxygen atoms in total. The number of guanidine groups is 1. The van der Waals surface area contributed by atoms with Gasteiger partial charge in [0.1, 0.15) is 12.4 Å². The fourth-order valence-electron chi connectivity index (χ4n) is 2.55. The summed E-state index contributed by atoms with van der Waals surface area (Å²) >= 11 is 1.81.